The second-order valence-electron chi connectivity index (χ2n) is 6.12. The van der Waals surface area contributed by atoms with Crippen molar-refractivity contribution in [3.05, 3.63) is 12.7 Å². The molecule has 1 unspecified atom stereocenters. The van der Waals surface area contributed by atoms with Crippen LogP contribution in [0.15, 0.2) is 12.7 Å². The molecule has 0 N–H and O–H groups in total. The van der Waals surface area contributed by atoms with Crippen LogP contribution in [0.2, 0.25) is 0 Å². The van der Waals surface area contributed by atoms with Crippen LogP contribution < -0.4 is 0 Å². The van der Waals surface area contributed by atoms with Gasteiger partial charge in [0.1, 0.15) is 18.2 Å². The molecule has 106 valence electrons. The number of rotatable bonds is 3. The van der Waals surface area contributed by atoms with Gasteiger partial charge in [-0.1, -0.05) is 12.7 Å². The van der Waals surface area contributed by atoms with Gasteiger partial charge in [0.15, 0.2) is 0 Å². The summed E-state index contributed by atoms with van der Waals surface area (Å²) in [6.07, 6.45) is 2.74. The first-order valence-corrected chi connectivity index (χ1v) is 6.62. The van der Waals surface area contributed by atoms with Gasteiger partial charge in [-0.05, 0) is 39.5 Å². The van der Waals surface area contributed by atoms with Crippen molar-refractivity contribution in [2.24, 2.45) is 5.92 Å². The number of ether oxygens (including phenoxy) is 2. The number of carbonyl (C=O) groups excluding carboxylic acids is 2. The van der Waals surface area contributed by atoms with Gasteiger partial charge in [0, 0.05) is 6.04 Å². The summed E-state index contributed by atoms with van der Waals surface area (Å²) in [7, 11) is 0. The van der Waals surface area contributed by atoms with E-state index in [2.05, 4.69) is 6.58 Å². The fraction of sp³-hybridized carbons (Fsp3) is 0.714. The first-order chi connectivity index (χ1) is 8.83. The summed E-state index contributed by atoms with van der Waals surface area (Å²) >= 11 is 0. The normalized spacial score (nSPS) is 28.6. The Morgan fingerprint density at radius 3 is 2.63 bits per heavy atom. The average molecular weight is 267 g/mol. The molecule has 0 radical (unpaired) electrons. The molecular formula is C14H21NO4. The van der Waals surface area contributed by atoms with Crippen LogP contribution in [0.3, 0.4) is 0 Å². The van der Waals surface area contributed by atoms with Crippen molar-refractivity contribution < 1.29 is 19.1 Å². The van der Waals surface area contributed by atoms with Crippen molar-refractivity contribution in [1.29, 1.82) is 0 Å². The van der Waals surface area contributed by atoms with E-state index in [1.165, 1.54) is 6.08 Å². The predicted octanol–water partition coefficient (Wildman–Crippen LogP) is 2.11. The quantitative estimate of drug-likeness (QED) is 0.580. The number of hydrogen-bond donors (Lipinski definition) is 0. The number of piperidine rings is 1. The largest absolute Gasteiger partial charge is 0.460 e. The minimum Gasteiger partial charge on any atom is -0.460 e. The third kappa shape index (κ3) is 3.08. The molecule has 0 spiro atoms. The standard InChI is InChI=1S/C14H21NO4/c1-5-6-18-12(16)11-8-9-7-10(9)15(11)13(17)19-14(2,3)4/h5,9-11H,1,6-8H2,2-4H3/t9-,10?,11+/m1/s1. The monoisotopic (exact) mass is 267 g/mol. The van der Waals surface area contributed by atoms with Gasteiger partial charge >= 0.3 is 12.1 Å². The molecule has 1 aliphatic heterocycles. The lowest BCUT2D eigenvalue weighted by Crippen LogP contribution is -2.46. The highest BCUT2D eigenvalue weighted by Crippen LogP contribution is 2.48. The zero-order valence-electron chi connectivity index (χ0n) is 11.7. The second kappa shape index (κ2) is 4.87. The summed E-state index contributed by atoms with van der Waals surface area (Å²) < 4.78 is 10.4. The fourth-order valence-electron chi connectivity index (χ4n) is 2.48. The molecule has 1 amide bonds. The minimum absolute atomic E-state index is 0.149. The Labute approximate surface area is 113 Å². The highest BCUT2D eigenvalue weighted by Gasteiger charge is 2.57. The minimum atomic E-state index is -0.556. The summed E-state index contributed by atoms with van der Waals surface area (Å²) in [6, 6.07) is -0.352. The molecule has 5 nitrogen and oxygen atoms in total. The molecule has 1 heterocycles. The van der Waals surface area contributed by atoms with Crippen LogP contribution in [-0.2, 0) is 14.3 Å². The maximum Gasteiger partial charge on any atom is 0.411 e. The van der Waals surface area contributed by atoms with Crippen molar-refractivity contribution in [1.82, 2.24) is 4.90 Å². The summed E-state index contributed by atoms with van der Waals surface area (Å²) in [4.78, 5) is 25.7. The molecular weight excluding hydrogens is 246 g/mol. The third-order valence-electron chi connectivity index (χ3n) is 3.32. The lowest BCUT2D eigenvalue weighted by atomic mass is 10.1. The van der Waals surface area contributed by atoms with E-state index in [1.54, 1.807) is 4.90 Å². The van der Waals surface area contributed by atoms with E-state index < -0.39 is 17.7 Å². The lowest BCUT2D eigenvalue weighted by Gasteiger charge is -2.29. The molecule has 2 aliphatic rings. The van der Waals surface area contributed by atoms with Crippen molar-refractivity contribution >= 4 is 12.1 Å². The zero-order chi connectivity index (χ0) is 14.2. The van der Waals surface area contributed by atoms with Crippen LogP contribution in [-0.4, -0.2) is 41.3 Å². The van der Waals surface area contributed by atoms with Crippen LogP contribution in [0.25, 0.3) is 0 Å². The van der Waals surface area contributed by atoms with Gasteiger partial charge < -0.3 is 9.47 Å². The van der Waals surface area contributed by atoms with Crippen LogP contribution >= 0.6 is 0 Å². The summed E-state index contributed by atoms with van der Waals surface area (Å²) in [5, 5.41) is 0. The molecule has 3 atom stereocenters. The molecule has 0 aromatic rings. The number of likely N-dealkylation sites (tertiary alicyclic amines) is 1. The molecule has 2 rings (SSSR count). The van der Waals surface area contributed by atoms with Crippen molar-refractivity contribution in [2.75, 3.05) is 6.61 Å². The Kier molecular flexibility index (Phi) is 3.56. The van der Waals surface area contributed by atoms with Gasteiger partial charge in [-0.15, -0.1) is 0 Å². The highest BCUT2D eigenvalue weighted by atomic mass is 16.6. The van der Waals surface area contributed by atoms with Crippen LogP contribution in [0, 0.1) is 5.92 Å². The second-order valence-corrected chi connectivity index (χ2v) is 6.12. The molecule has 0 bridgehead atoms. The molecule has 1 aliphatic carbocycles. The van der Waals surface area contributed by atoms with E-state index in [1.807, 2.05) is 20.8 Å². The average Bonchev–Trinajstić information content (AvgIpc) is 2.94. The Morgan fingerprint density at radius 1 is 1.37 bits per heavy atom. The van der Waals surface area contributed by atoms with Crippen LogP contribution in [0.4, 0.5) is 4.79 Å². The Balaban J connectivity index is 2.02. The highest BCUT2D eigenvalue weighted by molar-refractivity contribution is 5.83. The Bertz CT molecular complexity index is 399. The zero-order valence-corrected chi connectivity index (χ0v) is 11.7. The molecule has 5 heteroatoms. The van der Waals surface area contributed by atoms with Crippen LogP contribution in [0.1, 0.15) is 33.6 Å². The van der Waals surface area contributed by atoms with Crippen molar-refractivity contribution in [2.45, 2.75) is 51.3 Å². The Morgan fingerprint density at radius 2 is 2.05 bits per heavy atom. The first kappa shape index (κ1) is 13.9. The molecule has 0 aromatic heterocycles. The predicted molar refractivity (Wildman–Crippen MR) is 69.5 cm³/mol. The molecule has 2 fully saturated rings. The summed E-state index contributed by atoms with van der Waals surface area (Å²) in [5.74, 6) is 0.0618. The number of amides is 1. The topological polar surface area (TPSA) is 55.8 Å². The van der Waals surface area contributed by atoms with E-state index >= 15 is 0 Å². The van der Waals surface area contributed by atoms with E-state index in [4.69, 9.17) is 9.47 Å². The fourth-order valence-corrected chi connectivity index (χ4v) is 2.48. The molecule has 1 saturated carbocycles. The molecule has 1 saturated heterocycles. The van der Waals surface area contributed by atoms with E-state index in [-0.39, 0.29) is 18.6 Å². The van der Waals surface area contributed by atoms with Crippen LogP contribution in [0.5, 0.6) is 0 Å². The number of nitrogens with zero attached hydrogens (tertiary/aromatic N) is 1. The van der Waals surface area contributed by atoms with E-state index in [0.29, 0.717) is 12.3 Å². The van der Waals surface area contributed by atoms with Gasteiger partial charge in [0.05, 0.1) is 0 Å². The number of fused-ring (bicyclic) bond motifs is 1. The number of carbonyl (C=O) groups is 2. The van der Waals surface area contributed by atoms with Crippen molar-refractivity contribution in [3.63, 3.8) is 0 Å². The third-order valence-corrected chi connectivity index (χ3v) is 3.32. The molecule has 0 aromatic carbocycles. The lowest BCUT2D eigenvalue weighted by molar-refractivity contribution is -0.148. The van der Waals surface area contributed by atoms with Gasteiger partial charge in [0.25, 0.3) is 0 Å². The number of hydrogen-bond acceptors (Lipinski definition) is 4. The van der Waals surface area contributed by atoms with Crippen molar-refractivity contribution in [3.8, 4) is 0 Å². The first-order valence-electron chi connectivity index (χ1n) is 6.62. The molecule has 19 heavy (non-hydrogen) atoms. The smallest absolute Gasteiger partial charge is 0.411 e. The van der Waals surface area contributed by atoms with E-state index in [9.17, 15) is 9.59 Å². The number of esters is 1. The van der Waals surface area contributed by atoms with E-state index in [0.717, 1.165) is 6.42 Å². The summed E-state index contributed by atoms with van der Waals surface area (Å²) in [6.45, 7) is 9.12. The van der Waals surface area contributed by atoms with Gasteiger partial charge in [0.2, 0.25) is 0 Å². The Hall–Kier alpha value is -1.52. The maximum absolute atomic E-state index is 12.2. The maximum atomic E-state index is 12.2. The van der Waals surface area contributed by atoms with Gasteiger partial charge in [-0.2, -0.15) is 0 Å². The van der Waals surface area contributed by atoms with Gasteiger partial charge in [-0.3, -0.25) is 4.90 Å². The SMILES string of the molecule is C=CCOC(=O)[C@@H]1C[C@H]2CC2N1C(=O)OC(C)(C)C. The van der Waals surface area contributed by atoms with Gasteiger partial charge in [-0.25, -0.2) is 9.59 Å². The summed E-state index contributed by atoms with van der Waals surface area (Å²) in [5.41, 5.74) is -0.556.